The quantitative estimate of drug-likeness (QED) is 0.132. The summed E-state index contributed by atoms with van der Waals surface area (Å²) >= 11 is 1.46. The van der Waals surface area contributed by atoms with Crippen LogP contribution in [0.3, 0.4) is 0 Å². The Morgan fingerprint density at radius 1 is 1.09 bits per heavy atom. The number of thioether (sulfide) groups is 1. The topological polar surface area (TPSA) is 184 Å². The SMILES string of the molecule is COc1c(C)cc2c(c1O)[C@H]1N[C@@H](C2)[C@H](O)N2[C@H]1[C@@H]1SC[C@]3(N[C@H](CO)Cc4c3[nH]c3ccccc43)C(=O)OC[C@H]2c2c3c(c(C)c(OC(C)=O)c21)OCO3. The summed E-state index contributed by atoms with van der Waals surface area (Å²) in [5.41, 5.74) is 5.27. The van der Waals surface area contributed by atoms with Crippen molar-refractivity contribution in [1.82, 2.24) is 20.5 Å². The summed E-state index contributed by atoms with van der Waals surface area (Å²) in [6.45, 7) is 4.59. The molecule has 3 aromatic carbocycles. The predicted molar refractivity (Wildman–Crippen MR) is 200 cm³/mol. The third kappa shape index (κ3) is 4.80. The summed E-state index contributed by atoms with van der Waals surface area (Å²) in [6, 6.07) is 7.06. The van der Waals surface area contributed by atoms with Crippen molar-refractivity contribution >= 4 is 34.6 Å². The van der Waals surface area contributed by atoms with Gasteiger partial charge in [0.1, 0.15) is 18.6 Å². The number of aromatic nitrogens is 1. The monoisotopic (exact) mass is 770 g/mol. The summed E-state index contributed by atoms with van der Waals surface area (Å²) in [4.78, 5) is 33.3. The zero-order chi connectivity index (χ0) is 38.1. The number of aliphatic hydroxyl groups excluding tert-OH is 2. The highest BCUT2D eigenvalue weighted by Crippen LogP contribution is 2.63. The van der Waals surface area contributed by atoms with Crippen molar-refractivity contribution in [2.75, 3.05) is 32.9 Å². The number of fused-ring (bicyclic) bond motifs is 11. The lowest BCUT2D eigenvalue weighted by Gasteiger charge is -2.59. The maximum absolute atomic E-state index is 14.9. The molecule has 14 nitrogen and oxygen atoms in total. The molecule has 55 heavy (non-hydrogen) atoms. The van der Waals surface area contributed by atoms with E-state index in [1.54, 1.807) is 0 Å². The van der Waals surface area contributed by atoms with E-state index in [9.17, 15) is 24.9 Å². The summed E-state index contributed by atoms with van der Waals surface area (Å²) < 4.78 is 30.5. The molecular weight excluding hydrogens is 729 g/mol. The molecule has 0 unspecified atom stereocenters. The fourth-order valence-corrected chi connectivity index (χ4v) is 12.0. The second kappa shape index (κ2) is 12.5. The molecule has 288 valence electrons. The minimum atomic E-state index is -1.42. The molecule has 15 heteroatoms. The van der Waals surface area contributed by atoms with Gasteiger partial charge in [0.15, 0.2) is 28.5 Å². The van der Waals surface area contributed by atoms with Gasteiger partial charge in [-0.05, 0) is 49.4 Å². The van der Waals surface area contributed by atoms with Crippen LogP contribution in [0.5, 0.6) is 28.7 Å². The molecule has 7 aliphatic heterocycles. The average molecular weight is 771 g/mol. The van der Waals surface area contributed by atoms with Gasteiger partial charge in [-0.3, -0.25) is 15.0 Å². The number of nitrogens with one attached hydrogen (secondary N) is 3. The van der Waals surface area contributed by atoms with Crippen LogP contribution in [0.1, 0.15) is 68.9 Å². The van der Waals surface area contributed by atoms with Crippen molar-refractivity contribution < 1.29 is 48.6 Å². The number of aliphatic hydroxyl groups is 2. The first-order valence-electron chi connectivity index (χ1n) is 18.6. The number of benzene rings is 3. The number of hydrogen-bond acceptors (Lipinski definition) is 14. The summed E-state index contributed by atoms with van der Waals surface area (Å²) in [5, 5.41) is 42.5. The zero-order valence-electron chi connectivity index (χ0n) is 30.7. The molecule has 2 saturated heterocycles. The Labute approximate surface area is 320 Å². The summed E-state index contributed by atoms with van der Waals surface area (Å²) in [5.74, 6) is 0.677. The molecule has 0 amide bonds. The molecule has 1 aromatic heterocycles. The average Bonchev–Trinajstić information content (AvgIpc) is 3.82. The molecular formula is C40H42N4O10S. The number of para-hydroxylation sites is 1. The van der Waals surface area contributed by atoms with E-state index >= 15 is 0 Å². The number of piperazine rings is 1. The molecule has 0 saturated carbocycles. The zero-order valence-corrected chi connectivity index (χ0v) is 31.5. The van der Waals surface area contributed by atoms with Crippen molar-refractivity contribution in [3.05, 3.63) is 75.0 Å². The van der Waals surface area contributed by atoms with Crippen LogP contribution in [-0.2, 0) is 32.7 Å². The smallest absolute Gasteiger partial charge is 0.333 e. The number of phenolic OH excluding ortho intramolecular Hbond substituents is 1. The van der Waals surface area contributed by atoms with Crippen molar-refractivity contribution in [3.8, 4) is 28.7 Å². The van der Waals surface area contributed by atoms with Crippen molar-refractivity contribution in [3.63, 3.8) is 0 Å². The lowest BCUT2D eigenvalue weighted by molar-refractivity contribution is -0.165. The van der Waals surface area contributed by atoms with Crippen molar-refractivity contribution in [2.24, 2.45) is 0 Å². The van der Waals surface area contributed by atoms with Crippen molar-refractivity contribution in [2.45, 2.75) is 80.8 Å². The Kier molecular flexibility index (Phi) is 7.94. The predicted octanol–water partition coefficient (Wildman–Crippen LogP) is 3.20. The number of carbonyl (C=O) groups is 2. The van der Waals surface area contributed by atoms with Gasteiger partial charge < -0.3 is 49.3 Å². The number of phenols is 1. The van der Waals surface area contributed by atoms with E-state index in [-0.39, 0.29) is 31.5 Å². The van der Waals surface area contributed by atoms with E-state index in [0.717, 1.165) is 27.6 Å². The first-order chi connectivity index (χ1) is 26.6. The van der Waals surface area contributed by atoms with E-state index in [4.69, 9.17) is 23.7 Å². The van der Waals surface area contributed by atoms with Gasteiger partial charge in [-0.25, -0.2) is 4.79 Å². The van der Waals surface area contributed by atoms with Gasteiger partial charge in [-0.1, -0.05) is 24.3 Å². The van der Waals surface area contributed by atoms with Gasteiger partial charge in [0.05, 0.1) is 42.8 Å². The highest BCUT2D eigenvalue weighted by Gasteiger charge is 2.60. The third-order valence-electron chi connectivity index (χ3n) is 12.4. The molecule has 0 aliphatic carbocycles. The van der Waals surface area contributed by atoms with Gasteiger partial charge in [0, 0.05) is 57.9 Å². The Morgan fingerprint density at radius 2 is 1.89 bits per heavy atom. The number of nitrogens with zero attached hydrogens (tertiary/aromatic N) is 1. The second-order valence-electron chi connectivity index (χ2n) is 15.4. The van der Waals surface area contributed by atoms with E-state index < -0.39 is 59.2 Å². The van der Waals surface area contributed by atoms with E-state index in [0.29, 0.717) is 63.8 Å². The number of rotatable bonds is 3. The lowest BCUT2D eigenvalue weighted by Crippen LogP contribution is -2.70. The molecule has 6 N–H and O–H groups in total. The number of H-pyrrole nitrogens is 1. The van der Waals surface area contributed by atoms with Crippen LogP contribution in [-0.4, -0.2) is 94.4 Å². The fourth-order valence-electron chi connectivity index (χ4n) is 10.3. The standard InChI is InChI=1S/C40H42N4O10S/c1-16-9-19-10-24-38(48)44-25-13-51-39(49)40(37-22(11-20(12-45)43-40)21-7-5-6-8-23(21)42-37)14-55-36(30(44)29(41-24)26(19)31(47)32(16)50-4)28-27(25)35-34(52-15-53-35)17(2)33(28)54-18(3)46/h5-9,20,24-25,29-30,36,38,41-43,45,47-48H,10-15H2,1-4H3/t20-,24-,25-,29+,30+,36+,38-,40+/m0/s1. The van der Waals surface area contributed by atoms with Crippen LogP contribution in [0.25, 0.3) is 10.9 Å². The minimum Gasteiger partial charge on any atom is -0.504 e. The van der Waals surface area contributed by atoms with Crippen LogP contribution in [0.4, 0.5) is 0 Å². The highest BCUT2D eigenvalue weighted by atomic mass is 32.2. The number of aromatic amines is 1. The van der Waals surface area contributed by atoms with Gasteiger partial charge in [-0.15, -0.1) is 11.8 Å². The third-order valence-corrected chi connectivity index (χ3v) is 13.9. The second-order valence-corrected chi connectivity index (χ2v) is 16.5. The molecule has 8 heterocycles. The Balaban J connectivity index is 1.23. The summed E-state index contributed by atoms with van der Waals surface area (Å²) in [7, 11) is 1.53. The van der Waals surface area contributed by atoms with E-state index in [2.05, 4.69) is 15.6 Å². The van der Waals surface area contributed by atoms with Crippen LogP contribution in [0, 0.1) is 13.8 Å². The van der Waals surface area contributed by atoms with Crippen molar-refractivity contribution in [1.29, 1.82) is 0 Å². The number of esters is 2. The van der Waals surface area contributed by atoms with Crippen LogP contribution in [0.15, 0.2) is 30.3 Å². The molecule has 2 fully saturated rings. The Hall–Kier alpha value is -4.51. The van der Waals surface area contributed by atoms with Crippen LogP contribution >= 0.6 is 11.8 Å². The van der Waals surface area contributed by atoms with Gasteiger partial charge >= 0.3 is 11.9 Å². The number of carbonyl (C=O) groups excluding carboxylic acids is 2. The van der Waals surface area contributed by atoms with Gasteiger partial charge in [-0.2, -0.15) is 0 Å². The van der Waals surface area contributed by atoms with Crippen LogP contribution < -0.4 is 29.6 Å². The molecule has 0 radical (unpaired) electrons. The molecule has 4 aromatic rings. The number of aromatic hydroxyl groups is 1. The van der Waals surface area contributed by atoms with Crippen LogP contribution in [0.2, 0.25) is 0 Å². The summed E-state index contributed by atoms with van der Waals surface area (Å²) in [6.07, 6.45) is -0.137. The number of ether oxygens (including phenoxy) is 5. The number of hydrogen-bond donors (Lipinski definition) is 6. The molecule has 1 spiro atoms. The van der Waals surface area contributed by atoms with Gasteiger partial charge in [0.2, 0.25) is 6.79 Å². The molecule has 4 bridgehead atoms. The fraction of sp³-hybridized carbons (Fsp3) is 0.450. The number of methoxy groups -OCH3 is 1. The maximum Gasteiger partial charge on any atom is 0.333 e. The normalized spacial score (nSPS) is 30.3. The first kappa shape index (κ1) is 34.9. The Morgan fingerprint density at radius 3 is 2.67 bits per heavy atom. The largest absolute Gasteiger partial charge is 0.504 e. The Bertz CT molecular complexity index is 2310. The molecule has 8 atom stereocenters. The molecule has 11 rings (SSSR count). The molecule has 7 aliphatic rings. The minimum absolute atomic E-state index is 0.0235. The van der Waals surface area contributed by atoms with Gasteiger partial charge in [0.25, 0.3) is 0 Å². The lowest BCUT2D eigenvalue weighted by atomic mass is 9.74. The van der Waals surface area contributed by atoms with E-state index in [1.165, 1.54) is 25.8 Å². The first-order valence-corrected chi connectivity index (χ1v) is 19.6. The van der Waals surface area contributed by atoms with E-state index in [1.807, 2.05) is 49.1 Å². The highest BCUT2D eigenvalue weighted by molar-refractivity contribution is 7.99. The maximum atomic E-state index is 14.9. The number of aryl methyl sites for hydroxylation is 1.